The number of likely N-dealkylation sites (tertiary alicyclic amines) is 1. The van der Waals surface area contributed by atoms with Gasteiger partial charge in [-0.3, -0.25) is 0 Å². The van der Waals surface area contributed by atoms with Gasteiger partial charge in [-0.1, -0.05) is 12.8 Å². The van der Waals surface area contributed by atoms with E-state index < -0.39 is 11.9 Å². The third-order valence-electron chi connectivity index (χ3n) is 4.94. The van der Waals surface area contributed by atoms with Crippen molar-refractivity contribution in [2.45, 2.75) is 51.7 Å². The number of alkyl halides is 3. The minimum absolute atomic E-state index is 0. The number of aliphatic imine (C=N–C) groups is 1. The van der Waals surface area contributed by atoms with E-state index in [-0.39, 0.29) is 30.5 Å². The molecule has 0 bridgehead atoms. The maximum absolute atomic E-state index is 12.6. The predicted molar refractivity (Wildman–Crippen MR) is 104 cm³/mol. The third kappa shape index (κ3) is 4.99. The van der Waals surface area contributed by atoms with Gasteiger partial charge in [0, 0.05) is 25.0 Å². The fraction of sp³-hybridized carbons (Fsp3) is 0.750. The zero-order chi connectivity index (χ0) is 17.2. The summed E-state index contributed by atoms with van der Waals surface area (Å²) in [4.78, 5) is 10.4. The quantitative estimate of drug-likeness (QED) is 0.387. The average molecular weight is 488 g/mol. The fourth-order valence-electron chi connectivity index (χ4n) is 3.73. The van der Waals surface area contributed by atoms with E-state index in [0.29, 0.717) is 10.4 Å². The summed E-state index contributed by atoms with van der Waals surface area (Å²) in [5.74, 6) is 0.796. The summed E-state index contributed by atoms with van der Waals surface area (Å²) in [5.41, 5.74) is -0.394. The highest BCUT2D eigenvalue weighted by Crippen LogP contribution is 2.45. The zero-order valence-electron chi connectivity index (χ0n) is 14.2. The molecule has 1 N–H and O–H groups in total. The molecular weight excluding hydrogens is 464 g/mol. The molecule has 142 valence electrons. The Hall–Kier alpha value is -0.580. The van der Waals surface area contributed by atoms with Gasteiger partial charge >= 0.3 is 6.18 Å². The van der Waals surface area contributed by atoms with Crippen LogP contribution in [0.5, 0.6) is 0 Å². The molecule has 1 aromatic heterocycles. The lowest BCUT2D eigenvalue weighted by molar-refractivity contribution is -0.140. The molecule has 9 heteroatoms. The van der Waals surface area contributed by atoms with Crippen molar-refractivity contribution in [2.24, 2.45) is 10.4 Å². The van der Waals surface area contributed by atoms with Crippen LogP contribution in [0.3, 0.4) is 0 Å². The summed E-state index contributed by atoms with van der Waals surface area (Å²) in [6.07, 6.45) is 1.98. The van der Waals surface area contributed by atoms with Gasteiger partial charge in [-0.2, -0.15) is 13.2 Å². The largest absolute Gasteiger partial charge is 0.434 e. The predicted octanol–water partition coefficient (Wildman–Crippen LogP) is 4.51. The third-order valence-corrected chi connectivity index (χ3v) is 5.78. The van der Waals surface area contributed by atoms with Crippen LogP contribution in [0.2, 0.25) is 0 Å². The van der Waals surface area contributed by atoms with Gasteiger partial charge in [-0.25, -0.2) is 9.98 Å². The SMILES string of the molecule is CCNC(=NCc1nc(C(F)(F)F)cs1)N1CCC2(CCCC2)C1.I. The van der Waals surface area contributed by atoms with Crippen LogP contribution in [0.25, 0.3) is 0 Å². The molecule has 1 spiro atoms. The van der Waals surface area contributed by atoms with Crippen molar-refractivity contribution in [1.82, 2.24) is 15.2 Å². The van der Waals surface area contributed by atoms with Crippen LogP contribution in [-0.2, 0) is 12.7 Å². The smallest absolute Gasteiger partial charge is 0.357 e. The molecule has 1 aliphatic heterocycles. The van der Waals surface area contributed by atoms with Crippen LogP contribution in [0.15, 0.2) is 10.4 Å². The first-order valence-corrected chi connectivity index (χ1v) is 9.35. The first-order chi connectivity index (χ1) is 11.4. The van der Waals surface area contributed by atoms with Crippen molar-refractivity contribution >= 4 is 41.3 Å². The molecule has 1 saturated heterocycles. The van der Waals surface area contributed by atoms with Crippen molar-refractivity contribution in [3.63, 3.8) is 0 Å². The minimum Gasteiger partial charge on any atom is -0.357 e. The van der Waals surface area contributed by atoms with Crippen LogP contribution in [0.1, 0.15) is 49.7 Å². The van der Waals surface area contributed by atoms with Crippen LogP contribution in [0, 0.1) is 5.41 Å². The van der Waals surface area contributed by atoms with Gasteiger partial charge in [0.15, 0.2) is 11.7 Å². The van der Waals surface area contributed by atoms with Gasteiger partial charge in [0.05, 0.1) is 6.54 Å². The topological polar surface area (TPSA) is 40.5 Å². The number of thiazole rings is 1. The Kier molecular flexibility index (Phi) is 6.97. The first kappa shape index (κ1) is 20.7. The Labute approximate surface area is 167 Å². The molecule has 2 aliphatic rings. The molecule has 1 aromatic rings. The number of guanidine groups is 1. The summed E-state index contributed by atoms with van der Waals surface area (Å²) in [6.45, 7) is 4.91. The van der Waals surface area contributed by atoms with Crippen LogP contribution in [-0.4, -0.2) is 35.5 Å². The fourth-order valence-corrected chi connectivity index (χ4v) is 4.46. The molecule has 2 heterocycles. The highest BCUT2D eigenvalue weighted by molar-refractivity contribution is 14.0. The van der Waals surface area contributed by atoms with E-state index in [1.54, 1.807) is 0 Å². The van der Waals surface area contributed by atoms with Crippen molar-refractivity contribution in [2.75, 3.05) is 19.6 Å². The summed E-state index contributed by atoms with van der Waals surface area (Å²) in [6, 6.07) is 0. The molecule has 1 saturated carbocycles. The van der Waals surface area contributed by atoms with Crippen molar-refractivity contribution < 1.29 is 13.2 Å². The average Bonchev–Trinajstić information content (AvgIpc) is 3.25. The Morgan fingerprint density at radius 3 is 2.68 bits per heavy atom. The molecule has 3 rings (SSSR count). The van der Waals surface area contributed by atoms with Crippen molar-refractivity contribution in [3.8, 4) is 0 Å². The van der Waals surface area contributed by atoms with Gasteiger partial charge in [0.25, 0.3) is 0 Å². The van der Waals surface area contributed by atoms with E-state index in [9.17, 15) is 13.2 Å². The van der Waals surface area contributed by atoms with Gasteiger partial charge in [0.2, 0.25) is 0 Å². The van der Waals surface area contributed by atoms with E-state index >= 15 is 0 Å². The summed E-state index contributed by atoms with van der Waals surface area (Å²) >= 11 is 1.01. The molecule has 0 radical (unpaired) electrons. The first-order valence-electron chi connectivity index (χ1n) is 8.47. The Morgan fingerprint density at radius 1 is 1.36 bits per heavy atom. The minimum atomic E-state index is -4.38. The summed E-state index contributed by atoms with van der Waals surface area (Å²) < 4.78 is 37.9. The zero-order valence-corrected chi connectivity index (χ0v) is 17.4. The van der Waals surface area contributed by atoms with E-state index in [1.165, 1.54) is 32.1 Å². The maximum Gasteiger partial charge on any atom is 0.434 e. The van der Waals surface area contributed by atoms with E-state index in [2.05, 4.69) is 20.2 Å². The second kappa shape index (κ2) is 8.41. The lowest BCUT2D eigenvalue weighted by atomic mass is 9.86. The van der Waals surface area contributed by atoms with Gasteiger partial charge in [-0.15, -0.1) is 35.3 Å². The lowest BCUT2D eigenvalue weighted by Crippen LogP contribution is -2.41. The monoisotopic (exact) mass is 488 g/mol. The summed E-state index contributed by atoms with van der Waals surface area (Å²) in [5, 5.41) is 4.72. The normalized spacial score (nSPS) is 20.2. The van der Waals surface area contributed by atoms with Crippen molar-refractivity contribution in [3.05, 3.63) is 16.1 Å². The molecule has 2 fully saturated rings. The van der Waals surface area contributed by atoms with E-state index in [1.807, 2.05) is 6.92 Å². The van der Waals surface area contributed by atoms with Gasteiger partial charge in [0.1, 0.15) is 5.01 Å². The van der Waals surface area contributed by atoms with E-state index in [0.717, 1.165) is 42.3 Å². The van der Waals surface area contributed by atoms with Gasteiger partial charge < -0.3 is 10.2 Å². The maximum atomic E-state index is 12.6. The number of halogens is 4. The Morgan fingerprint density at radius 2 is 2.08 bits per heavy atom. The summed E-state index contributed by atoms with van der Waals surface area (Å²) in [7, 11) is 0. The second-order valence-electron chi connectivity index (χ2n) is 6.67. The molecule has 0 unspecified atom stereocenters. The second-order valence-corrected chi connectivity index (χ2v) is 7.62. The molecule has 1 aliphatic carbocycles. The molecule has 25 heavy (non-hydrogen) atoms. The van der Waals surface area contributed by atoms with Crippen molar-refractivity contribution in [1.29, 1.82) is 0 Å². The molecule has 0 atom stereocenters. The number of hydrogen-bond acceptors (Lipinski definition) is 3. The Bertz CT molecular complexity index is 596. The lowest BCUT2D eigenvalue weighted by Gasteiger charge is -2.25. The highest BCUT2D eigenvalue weighted by atomic mass is 127. The number of hydrogen-bond donors (Lipinski definition) is 1. The van der Waals surface area contributed by atoms with Crippen LogP contribution < -0.4 is 5.32 Å². The Balaban J connectivity index is 0.00000225. The van der Waals surface area contributed by atoms with Crippen LogP contribution >= 0.6 is 35.3 Å². The van der Waals surface area contributed by atoms with E-state index in [4.69, 9.17) is 0 Å². The van der Waals surface area contributed by atoms with Gasteiger partial charge in [-0.05, 0) is 31.6 Å². The highest BCUT2D eigenvalue weighted by Gasteiger charge is 2.41. The molecule has 0 aromatic carbocycles. The number of nitrogens with zero attached hydrogens (tertiary/aromatic N) is 3. The number of aromatic nitrogens is 1. The van der Waals surface area contributed by atoms with Crippen LogP contribution in [0.4, 0.5) is 13.2 Å². The number of nitrogens with one attached hydrogen (secondary N) is 1. The number of rotatable bonds is 3. The molecule has 4 nitrogen and oxygen atoms in total. The molecular formula is C16H24F3IN4S. The molecule has 0 amide bonds. The standard InChI is InChI=1S/C16H23F3N4S.HI/c1-2-20-14(23-8-7-15(11-23)5-3-4-6-15)21-9-13-22-12(10-24-13)16(17,18)19;/h10H,2-9,11H2,1H3,(H,20,21);1H.